The number of hydrogen-bond donors (Lipinski definition) is 1. The van der Waals surface area contributed by atoms with Crippen LogP contribution in [0, 0.1) is 5.82 Å². The normalized spacial score (nSPS) is 12.5. The quantitative estimate of drug-likeness (QED) is 0.521. The molecule has 0 saturated heterocycles. The minimum absolute atomic E-state index is 0.0819. The zero-order valence-electron chi connectivity index (χ0n) is 17.3. The second-order valence-corrected chi connectivity index (χ2v) is 7.62. The molecule has 152 valence electrons. The Morgan fingerprint density at radius 1 is 1.25 bits per heavy atom. The smallest absolute Gasteiger partial charge is 0.408 e. The van der Waals surface area contributed by atoms with Gasteiger partial charge in [0.05, 0.1) is 5.54 Å². The third-order valence-corrected chi connectivity index (χ3v) is 4.93. The lowest BCUT2D eigenvalue weighted by molar-refractivity contribution is 0.0816. The summed E-state index contributed by atoms with van der Waals surface area (Å²) in [5, 5.41) is 2.93. The summed E-state index contributed by atoms with van der Waals surface area (Å²) >= 11 is 0. The van der Waals surface area contributed by atoms with Crippen molar-refractivity contribution in [2.75, 3.05) is 0 Å². The van der Waals surface area contributed by atoms with Crippen LogP contribution in [0.5, 0.6) is 0 Å². The summed E-state index contributed by atoms with van der Waals surface area (Å²) in [4.78, 5) is 16.5. The van der Waals surface area contributed by atoms with Gasteiger partial charge in [0.25, 0.3) is 0 Å². The fourth-order valence-electron chi connectivity index (χ4n) is 3.13. The van der Waals surface area contributed by atoms with Crippen molar-refractivity contribution in [3.05, 3.63) is 54.1 Å². The van der Waals surface area contributed by atoms with Crippen LogP contribution in [0.15, 0.2) is 42.7 Å². The van der Waals surface area contributed by atoms with Crippen molar-refractivity contribution < 1.29 is 13.9 Å². The number of halogens is 1. The molecule has 5 heteroatoms. The molecule has 1 aromatic carbocycles. The van der Waals surface area contributed by atoms with E-state index in [2.05, 4.69) is 17.2 Å². The molecule has 0 aliphatic rings. The zero-order valence-corrected chi connectivity index (χ0v) is 17.3. The van der Waals surface area contributed by atoms with Gasteiger partial charge in [0.15, 0.2) is 0 Å². The Morgan fingerprint density at radius 2 is 2.04 bits per heavy atom. The van der Waals surface area contributed by atoms with E-state index in [9.17, 15) is 9.18 Å². The molecular formula is C23H31FN2O2. The molecule has 1 heterocycles. The minimum atomic E-state index is -0.705. The average Bonchev–Trinajstić information content (AvgIpc) is 2.67. The van der Waals surface area contributed by atoms with Crippen molar-refractivity contribution in [2.24, 2.45) is 0 Å². The van der Waals surface area contributed by atoms with Crippen LogP contribution in [0.4, 0.5) is 9.18 Å². The number of carbonyl (C=O) groups is 1. The molecule has 4 nitrogen and oxygen atoms in total. The van der Waals surface area contributed by atoms with E-state index in [-0.39, 0.29) is 11.9 Å². The van der Waals surface area contributed by atoms with Crippen LogP contribution in [-0.2, 0) is 10.3 Å². The van der Waals surface area contributed by atoms with Gasteiger partial charge >= 0.3 is 6.09 Å². The highest BCUT2D eigenvalue weighted by atomic mass is 19.1. The summed E-state index contributed by atoms with van der Waals surface area (Å²) in [6.45, 7) is 7.94. The molecular weight excluding hydrogens is 355 g/mol. The maximum absolute atomic E-state index is 14.3. The van der Waals surface area contributed by atoms with Crippen molar-refractivity contribution >= 4 is 6.09 Å². The molecule has 0 spiro atoms. The van der Waals surface area contributed by atoms with E-state index in [1.54, 1.807) is 30.6 Å². The Morgan fingerprint density at radius 3 is 2.68 bits per heavy atom. The molecule has 0 aliphatic heterocycles. The SMILES string of the molecule is CCCCCC(CC)OC(=O)NC(C)(C)c1ccc(F)c(-c2cccnc2)c1. The number of amides is 1. The summed E-state index contributed by atoms with van der Waals surface area (Å²) in [6, 6.07) is 8.45. The highest BCUT2D eigenvalue weighted by Crippen LogP contribution is 2.28. The Hall–Kier alpha value is -2.43. The summed E-state index contributed by atoms with van der Waals surface area (Å²) in [5.74, 6) is -0.322. The molecule has 0 fully saturated rings. The number of nitrogens with one attached hydrogen (secondary N) is 1. The number of alkyl carbamates (subject to hydrolysis) is 1. The molecule has 2 aromatic rings. The first kappa shape index (κ1) is 21.9. The molecule has 2 rings (SSSR count). The van der Waals surface area contributed by atoms with Crippen molar-refractivity contribution in [1.82, 2.24) is 10.3 Å². The van der Waals surface area contributed by atoms with Gasteiger partial charge in [-0.25, -0.2) is 9.18 Å². The number of unbranched alkanes of at least 4 members (excludes halogenated alkanes) is 2. The number of aromatic nitrogens is 1. The van der Waals surface area contributed by atoms with Gasteiger partial charge in [0.2, 0.25) is 0 Å². The standard InChI is InChI=1S/C23H31FN2O2/c1-5-7-8-11-19(6-2)28-22(27)26-23(3,4)18-12-13-21(24)20(15-18)17-10-9-14-25-16-17/h9-10,12-16,19H,5-8,11H2,1-4H3,(H,26,27). The second-order valence-electron chi connectivity index (χ2n) is 7.62. The lowest BCUT2D eigenvalue weighted by Crippen LogP contribution is -2.42. The van der Waals surface area contributed by atoms with Gasteiger partial charge in [-0.1, -0.05) is 38.8 Å². The Kier molecular flexibility index (Phi) is 7.97. The van der Waals surface area contributed by atoms with Crippen LogP contribution in [0.3, 0.4) is 0 Å². The molecule has 28 heavy (non-hydrogen) atoms. The van der Waals surface area contributed by atoms with Gasteiger partial charge in [-0.05, 0) is 56.9 Å². The molecule has 1 N–H and O–H groups in total. The predicted molar refractivity (Wildman–Crippen MR) is 110 cm³/mol. The van der Waals surface area contributed by atoms with E-state index in [4.69, 9.17) is 4.74 Å². The van der Waals surface area contributed by atoms with E-state index in [0.29, 0.717) is 11.1 Å². The van der Waals surface area contributed by atoms with Crippen LogP contribution in [0.1, 0.15) is 65.4 Å². The first-order valence-electron chi connectivity index (χ1n) is 10.1. The van der Waals surface area contributed by atoms with Gasteiger partial charge in [-0.2, -0.15) is 0 Å². The molecule has 0 aliphatic carbocycles. The molecule has 1 atom stereocenters. The topological polar surface area (TPSA) is 51.2 Å². The monoisotopic (exact) mass is 386 g/mol. The first-order chi connectivity index (χ1) is 13.4. The van der Waals surface area contributed by atoms with Crippen molar-refractivity contribution in [2.45, 2.75) is 71.4 Å². The summed E-state index contributed by atoms with van der Waals surface area (Å²) in [7, 11) is 0. The Balaban J connectivity index is 2.10. The Labute approximate surface area is 167 Å². The van der Waals surface area contributed by atoms with Crippen LogP contribution in [0.2, 0.25) is 0 Å². The summed E-state index contributed by atoms with van der Waals surface area (Å²) in [6.07, 6.45) is 7.74. The summed E-state index contributed by atoms with van der Waals surface area (Å²) < 4.78 is 19.9. The third kappa shape index (κ3) is 6.04. The largest absolute Gasteiger partial charge is 0.446 e. The molecule has 1 unspecified atom stereocenters. The molecule has 1 aromatic heterocycles. The van der Waals surface area contributed by atoms with E-state index in [0.717, 1.165) is 37.7 Å². The van der Waals surface area contributed by atoms with Gasteiger partial charge < -0.3 is 10.1 Å². The van der Waals surface area contributed by atoms with Crippen LogP contribution in [-0.4, -0.2) is 17.2 Å². The summed E-state index contributed by atoms with van der Waals surface area (Å²) in [5.41, 5.74) is 1.24. The Bertz CT molecular complexity index is 762. The van der Waals surface area contributed by atoms with Gasteiger partial charge in [-0.15, -0.1) is 0 Å². The number of nitrogens with zero attached hydrogens (tertiary/aromatic N) is 1. The number of ether oxygens (including phenoxy) is 1. The first-order valence-corrected chi connectivity index (χ1v) is 10.1. The molecule has 0 radical (unpaired) electrons. The average molecular weight is 387 g/mol. The maximum atomic E-state index is 14.3. The van der Waals surface area contributed by atoms with Crippen LogP contribution in [0.25, 0.3) is 11.1 Å². The lowest BCUT2D eigenvalue weighted by atomic mass is 9.91. The second kappa shape index (κ2) is 10.2. The minimum Gasteiger partial charge on any atom is -0.446 e. The van der Waals surface area contributed by atoms with Crippen LogP contribution < -0.4 is 5.32 Å². The number of benzene rings is 1. The lowest BCUT2D eigenvalue weighted by Gasteiger charge is -2.28. The highest BCUT2D eigenvalue weighted by molar-refractivity contribution is 5.69. The number of carbonyl (C=O) groups excluding carboxylic acids is 1. The number of rotatable bonds is 9. The molecule has 0 saturated carbocycles. The number of pyridine rings is 1. The zero-order chi connectivity index (χ0) is 20.6. The van der Waals surface area contributed by atoms with Crippen molar-refractivity contribution in [1.29, 1.82) is 0 Å². The van der Waals surface area contributed by atoms with Crippen LogP contribution >= 0.6 is 0 Å². The molecule has 0 bridgehead atoms. The van der Waals surface area contributed by atoms with E-state index in [1.807, 2.05) is 26.8 Å². The fraction of sp³-hybridized carbons (Fsp3) is 0.478. The van der Waals surface area contributed by atoms with E-state index < -0.39 is 11.6 Å². The van der Waals surface area contributed by atoms with E-state index in [1.165, 1.54) is 6.07 Å². The third-order valence-electron chi connectivity index (χ3n) is 4.93. The number of hydrogen-bond acceptors (Lipinski definition) is 3. The van der Waals surface area contributed by atoms with Gasteiger partial charge in [0.1, 0.15) is 11.9 Å². The van der Waals surface area contributed by atoms with Crippen molar-refractivity contribution in [3.63, 3.8) is 0 Å². The van der Waals surface area contributed by atoms with Crippen molar-refractivity contribution in [3.8, 4) is 11.1 Å². The van der Waals surface area contributed by atoms with Gasteiger partial charge in [0, 0.05) is 23.5 Å². The highest BCUT2D eigenvalue weighted by Gasteiger charge is 2.26. The maximum Gasteiger partial charge on any atom is 0.408 e. The fourth-order valence-corrected chi connectivity index (χ4v) is 3.13. The molecule has 1 amide bonds. The van der Waals surface area contributed by atoms with E-state index >= 15 is 0 Å². The predicted octanol–water partition coefficient (Wildman–Crippen LogP) is 6.21. The van der Waals surface area contributed by atoms with Gasteiger partial charge in [-0.3, -0.25) is 4.98 Å².